The monoisotopic (exact) mass is 239 g/mol. The Morgan fingerprint density at radius 2 is 2.31 bits per heavy atom. The van der Waals surface area contributed by atoms with Gasteiger partial charge in [0.2, 0.25) is 0 Å². The second-order valence-electron chi connectivity index (χ2n) is 3.31. The average molecular weight is 240 g/mol. The predicted molar refractivity (Wildman–Crippen MR) is 66.2 cm³/mol. The largest absolute Gasteiger partial charge is 0.507 e. The summed E-state index contributed by atoms with van der Waals surface area (Å²) < 4.78 is 0. The molecule has 1 rings (SSSR count). The molecule has 0 bridgehead atoms. The van der Waals surface area contributed by atoms with Gasteiger partial charge in [-0.05, 0) is 24.6 Å². The highest BCUT2D eigenvalue weighted by Gasteiger charge is 2.02. The highest BCUT2D eigenvalue weighted by atomic mass is 35.5. The van der Waals surface area contributed by atoms with Gasteiger partial charge in [0.1, 0.15) is 12.4 Å². The Morgan fingerprint density at radius 3 is 3.00 bits per heavy atom. The summed E-state index contributed by atoms with van der Waals surface area (Å²) in [6, 6.07) is 3.24. The number of phenols is 1. The molecule has 0 aromatic heterocycles. The van der Waals surface area contributed by atoms with E-state index in [1.54, 1.807) is 18.2 Å². The third kappa shape index (κ3) is 3.59. The lowest BCUT2D eigenvalue weighted by atomic mass is 10.1. The Morgan fingerprint density at radius 1 is 1.56 bits per heavy atom. The Hall–Kier alpha value is -1.48. The van der Waals surface area contributed by atoms with Crippen molar-refractivity contribution in [2.75, 3.05) is 6.61 Å². The molecule has 1 aromatic rings. The second-order valence-corrected chi connectivity index (χ2v) is 3.71. The van der Waals surface area contributed by atoms with Crippen LogP contribution in [0.2, 0.25) is 5.02 Å². The first-order chi connectivity index (χ1) is 7.65. The van der Waals surface area contributed by atoms with Crippen LogP contribution in [-0.2, 0) is 4.84 Å². The van der Waals surface area contributed by atoms with Crippen molar-refractivity contribution in [1.82, 2.24) is 0 Å². The van der Waals surface area contributed by atoms with Crippen LogP contribution < -0.4 is 0 Å². The van der Waals surface area contributed by atoms with E-state index in [1.165, 1.54) is 6.21 Å². The van der Waals surface area contributed by atoms with Gasteiger partial charge in [-0.2, -0.15) is 0 Å². The number of hydrogen-bond donors (Lipinski definition) is 1. The minimum atomic E-state index is 0.137. The average Bonchev–Trinajstić information content (AvgIpc) is 2.25. The van der Waals surface area contributed by atoms with Crippen molar-refractivity contribution in [3.8, 4) is 5.75 Å². The Labute approximate surface area is 100.0 Å². The van der Waals surface area contributed by atoms with Crippen molar-refractivity contribution in [3.05, 3.63) is 40.9 Å². The van der Waals surface area contributed by atoms with Gasteiger partial charge < -0.3 is 9.94 Å². The molecule has 0 unspecified atom stereocenters. The Balaban J connectivity index is 2.66. The van der Waals surface area contributed by atoms with E-state index < -0.39 is 0 Å². The molecule has 1 N–H and O–H groups in total. The van der Waals surface area contributed by atoms with E-state index in [1.807, 2.05) is 6.92 Å². The molecule has 0 radical (unpaired) electrons. The molecule has 0 heterocycles. The first-order valence-corrected chi connectivity index (χ1v) is 5.28. The summed E-state index contributed by atoms with van der Waals surface area (Å²) in [5.41, 5.74) is 1.36. The van der Waals surface area contributed by atoms with Gasteiger partial charge in [0, 0.05) is 17.0 Å². The van der Waals surface area contributed by atoms with Crippen molar-refractivity contribution in [2.24, 2.45) is 5.16 Å². The fourth-order valence-corrected chi connectivity index (χ4v) is 1.24. The van der Waals surface area contributed by atoms with Gasteiger partial charge in [0.05, 0.1) is 6.21 Å². The highest BCUT2D eigenvalue weighted by Crippen LogP contribution is 2.24. The molecule has 0 aliphatic carbocycles. The van der Waals surface area contributed by atoms with Crippen LogP contribution >= 0.6 is 11.6 Å². The van der Waals surface area contributed by atoms with Gasteiger partial charge in [-0.1, -0.05) is 22.8 Å². The van der Waals surface area contributed by atoms with Gasteiger partial charge in [-0.25, -0.2) is 0 Å². The smallest absolute Gasteiger partial charge is 0.124 e. The van der Waals surface area contributed by atoms with E-state index in [0.717, 1.165) is 12.0 Å². The molecule has 4 heteroatoms. The summed E-state index contributed by atoms with van der Waals surface area (Å²) in [4.78, 5) is 4.95. The zero-order valence-corrected chi connectivity index (χ0v) is 9.87. The molecule has 0 saturated carbocycles. The summed E-state index contributed by atoms with van der Waals surface area (Å²) in [5, 5.41) is 13.9. The molecule has 0 atom stereocenters. The van der Waals surface area contributed by atoms with Crippen molar-refractivity contribution < 1.29 is 9.94 Å². The van der Waals surface area contributed by atoms with Crippen LogP contribution in [0.1, 0.15) is 17.5 Å². The summed E-state index contributed by atoms with van der Waals surface area (Å²) >= 11 is 5.92. The lowest BCUT2D eigenvalue weighted by Crippen LogP contribution is -1.89. The first-order valence-electron chi connectivity index (χ1n) is 4.90. The summed E-state index contributed by atoms with van der Waals surface area (Å²) in [7, 11) is 0. The molecule has 3 nitrogen and oxygen atoms in total. The SMILES string of the molecule is C=CCCON=Cc1cc(Cl)c(C)cc1O. The third-order valence-corrected chi connectivity index (χ3v) is 2.39. The van der Waals surface area contributed by atoms with Crippen LogP contribution in [0.5, 0.6) is 5.75 Å². The molecule has 1 aromatic carbocycles. The normalized spacial score (nSPS) is 10.6. The van der Waals surface area contributed by atoms with E-state index in [2.05, 4.69) is 11.7 Å². The number of phenolic OH excluding ortho intramolecular Hbond substituents is 1. The minimum Gasteiger partial charge on any atom is -0.507 e. The van der Waals surface area contributed by atoms with Gasteiger partial charge in [-0.3, -0.25) is 0 Å². The zero-order valence-electron chi connectivity index (χ0n) is 9.11. The first kappa shape index (κ1) is 12.6. The van der Waals surface area contributed by atoms with Crippen LogP contribution in [0.15, 0.2) is 29.9 Å². The summed E-state index contributed by atoms with van der Waals surface area (Å²) in [6.07, 6.45) is 3.91. The van der Waals surface area contributed by atoms with Crippen LogP contribution in [0.25, 0.3) is 0 Å². The number of hydrogen-bond acceptors (Lipinski definition) is 3. The standard InChI is InChI=1S/C12H14ClNO2/c1-3-4-5-16-14-8-10-7-11(13)9(2)6-12(10)15/h3,6-8,15H,1,4-5H2,2H3. The number of halogens is 1. The molecule has 16 heavy (non-hydrogen) atoms. The van der Waals surface area contributed by atoms with Crippen molar-refractivity contribution >= 4 is 17.8 Å². The number of aryl methyl sites for hydroxylation is 1. The molecule has 0 fully saturated rings. The van der Waals surface area contributed by atoms with Crippen LogP contribution in [0.3, 0.4) is 0 Å². The van der Waals surface area contributed by atoms with Crippen molar-refractivity contribution in [2.45, 2.75) is 13.3 Å². The summed E-state index contributed by atoms with van der Waals surface area (Å²) in [5.74, 6) is 0.137. The van der Waals surface area contributed by atoms with Gasteiger partial charge in [0.15, 0.2) is 0 Å². The Kier molecular flexibility index (Phi) is 4.86. The maximum absolute atomic E-state index is 9.60. The summed E-state index contributed by atoms with van der Waals surface area (Å²) in [6.45, 7) is 5.86. The molecule has 86 valence electrons. The molecular weight excluding hydrogens is 226 g/mol. The van der Waals surface area contributed by atoms with Crippen LogP contribution in [-0.4, -0.2) is 17.9 Å². The van der Waals surface area contributed by atoms with E-state index in [-0.39, 0.29) is 5.75 Å². The quantitative estimate of drug-likeness (QED) is 0.371. The van der Waals surface area contributed by atoms with E-state index >= 15 is 0 Å². The maximum atomic E-state index is 9.60. The van der Waals surface area contributed by atoms with Crippen molar-refractivity contribution in [1.29, 1.82) is 0 Å². The molecule has 0 spiro atoms. The van der Waals surface area contributed by atoms with Gasteiger partial charge in [-0.15, -0.1) is 6.58 Å². The number of aromatic hydroxyl groups is 1. The molecule has 0 aliphatic heterocycles. The maximum Gasteiger partial charge on any atom is 0.124 e. The molecule has 0 amide bonds. The van der Waals surface area contributed by atoms with E-state index in [0.29, 0.717) is 17.2 Å². The predicted octanol–water partition coefficient (Wildman–Crippen LogP) is 3.28. The van der Waals surface area contributed by atoms with Crippen molar-refractivity contribution in [3.63, 3.8) is 0 Å². The van der Waals surface area contributed by atoms with Gasteiger partial charge in [0.25, 0.3) is 0 Å². The second kappa shape index (κ2) is 6.18. The molecular formula is C12H14ClNO2. The van der Waals surface area contributed by atoms with E-state index in [9.17, 15) is 5.11 Å². The number of rotatable bonds is 5. The Bertz CT molecular complexity index is 402. The third-order valence-electron chi connectivity index (χ3n) is 1.99. The fourth-order valence-electron chi connectivity index (χ4n) is 1.07. The zero-order chi connectivity index (χ0) is 12.0. The topological polar surface area (TPSA) is 41.8 Å². The number of nitrogens with zero attached hydrogens (tertiary/aromatic N) is 1. The fraction of sp³-hybridized carbons (Fsp3) is 0.250. The minimum absolute atomic E-state index is 0.137. The molecule has 0 aliphatic rings. The lowest BCUT2D eigenvalue weighted by molar-refractivity contribution is 0.151. The lowest BCUT2D eigenvalue weighted by Gasteiger charge is -2.02. The van der Waals surface area contributed by atoms with Crippen LogP contribution in [0, 0.1) is 6.92 Å². The van der Waals surface area contributed by atoms with E-state index in [4.69, 9.17) is 16.4 Å². The highest BCUT2D eigenvalue weighted by molar-refractivity contribution is 6.31. The van der Waals surface area contributed by atoms with Gasteiger partial charge >= 0.3 is 0 Å². The number of benzene rings is 1. The molecule has 0 saturated heterocycles. The van der Waals surface area contributed by atoms with Crippen LogP contribution in [0.4, 0.5) is 0 Å². The number of oxime groups is 1.